The number of H-pyrrole nitrogens is 1. The minimum atomic E-state index is 0.117. The zero-order valence-electron chi connectivity index (χ0n) is 10.1. The third-order valence-electron chi connectivity index (χ3n) is 3.73. The fraction of sp³-hybridized carbons (Fsp3) is 0.667. The topological polar surface area (TPSA) is 52.2 Å². The monoisotopic (exact) mass is 234 g/mol. The molecule has 1 N–H and O–H groups in total. The number of rotatable bonds is 2. The Labute approximate surface area is 101 Å². The van der Waals surface area contributed by atoms with E-state index in [1.807, 2.05) is 11.8 Å². The SMILES string of the molecule is Cc1[nH]ncc1C(=O)N1CCN(C2CC2)CC1. The van der Waals surface area contributed by atoms with E-state index in [0.717, 1.165) is 37.9 Å². The van der Waals surface area contributed by atoms with Crippen LogP contribution in [0.2, 0.25) is 0 Å². The molecule has 92 valence electrons. The molecule has 0 bridgehead atoms. The number of piperazine rings is 1. The number of carbonyl (C=O) groups excluding carboxylic acids is 1. The van der Waals surface area contributed by atoms with E-state index in [9.17, 15) is 4.79 Å². The average Bonchev–Trinajstić information content (AvgIpc) is 3.12. The minimum Gasteiger partial charge on any atom is -0.336 e. The van der Waals surface area contributed by atoms with Gasteiger partial charge in [0.1, 0.15) is 0 Å². The molecular weight excluding hydrogens is 216 g/mol. The van der Waals surface area contributed by atoms with Gasteiger partial charge in [-0.2, -0.15) is 5.10 Å². The quantitative estimate of drug-likeness (QED) is 0.817. The summed E-state index contributed by atoms with van der Waals surface area (Å²) >= 11 is 0. The van der Waals surface area contributed by atoms with Crippen LogP contribution in [0.4, 0.5) is 0 Å². The van der Waals surface area contributed by atoms with Gasteiger partial charge >= 0.3 is 0 Å². The fourth-order valence-electron chi connectivity index (χ4n) is 2.47. The molecule has 2 heterocycles. The smallest absolute Gasteiger partial charge is 0.257 e. The highest BCUT2D eigenvalue weighted by Gasteiger charge is 2.32. The Morgan fingerprint density at radius 2 is 2.06 bits per heavy atom. The molecule has 1 aromatic heterocycles. The maximum atomic E-state index is 12.2. The summed E-state index contributed by atoms with van der Waals surface area (Å²) in [6.45, 7) is 5.63. The van der Waals surface area contributed by atoms with Gasteiger partial charge in [-0.05, 0) is 19.8 Å². The Balaban J connectivity index is 1.62. The summed E-state index contributed by atoms with van der Waals surface area (Å²) in [5.74, 6) is 0.117. The summed E-state index contributed by atoms with van der Waals surface area (Å²) in [6.07, 6.45) is 4.31. The maximum Gasteiger partial charge on any atom is 0.257 e. The summed E-state index contributed by atoms with van der Waals surface area (Å²) in [7, 11) is 0. The lowest BCUT2D eigenvalue weighted by Gasteiger charge is -2.34. The van der Waals surface area contributed by atoms with Gasteiger partial charge in [-0.3, -0.25) is 14.8 Å². The molecule has 0 radical (unpaired) electrons. The van der Waals surface area contributed by atoms with Crippen LogP contribution in [0.15, 0.2) is 6.20 Å². The molecule has 1 aromatic rings. The summed E-state index contributed by atoms with van der Waals surface area (Å²) in [4.78, 5) is 16.7. The molecule has 0 aromatic carbocycles. The number of hydrogen-bond donors (Lipinski definition) is 1. The van der Waals surface area contributed by atoms with E-state index in [2.05, 4.69) is 15.1 Å². The van der Waals surface area contributed by atoms with Crippen LogP contribution in [0.3, 0.4) is 0 Å². The van der Waals surface area contributed by atoms with E-state index >= 15 is 0 Å². The lowest BCUT2D eigenvalue weighted by Crippen LogP contribution is -2.49. The van der Waals surface area contributed by atoms with E-state index in [1.54, 1.807) is 6.20 Å². The molecule has 2 fully saturated rings. The highest BCUT2D eigenvalue weighted by atomic mass is 16.2. The Bertz CT molecular complexity index is 416. The first-order valence-corrected chi connectivity index (χ1v) is 6.29. The zero-order valence-corrected chi connectivity index (χ0v) is 10.1. The van der Waals surface area contributed by atoms with Gasteiger partial charge in [-0.1, -0.05) is 0 Å². The van der Waals surface area contributed by atoms with E-state index in [-0.39, 0.29) is 5.91 Å². The number of aromatic nitrogens is 2. The van der Waals surface area contributed by atoms with Crippen molar-refractivity contribution in [2.24, 2.45) is 0 Å². The number of aromatic amines is 1. The Morgan fingerprint density at radius 3 is 2.59 bits per heavy atom. The molecule has 17 heavy (non-hydrogen) atoms. The fourth-order valence-corrected chi connectivity index (χ4v) is 2.47. The van der Waals surface area contributed by atoms with E-state index in [1.165, 1.54) is 12.8 Å². The van der Waals surface area contributed by atoms with Gasteiger partial charge in [-0.15, -0.1) is 0 Å². The van der Waals surface area contributed by atoms with Crippen molar-refractivity contribution in [2.45, 2.75) is 25.8 Å². The van der Waals surface area contributed by atoms with Gasteiger partial charge in [-0.25, -0.2) is 0 Å². The number of aryl methyl sites for hydroxylation is 1. The second kappa shape index (κ2) is 4.14. The molecule has 0 atom stereocenters. The maximum absolute atomic E-state index is 12.2. The highest BCUT2D eigenvalue weighted by Crippen LogP contribution is 2.27. The van der Waals surface area contributed by atoms with Crippen molar-refractivity contribution in [3.63, 3.8) is 0 Å². The largest absolute Gasteiger partial charge is 0.336 e. The van der Waals surface area contributed by atoms with E-state index in [0.29, 0.717) is 5.56 Å². The lowest BCUT2D eigenvalue weighted by atomic mass is 10.2. The Kier molecular flexibility index (Phi) is 2.63. The summed E-state index contributed by atoms with van der Waals surface area (Å²) < 4.78 is 0. The van der Waals surface area contributed by atoms with Crippen LogP contribution in [0.1, 0.15) is 28.9 Å². The van der Waals surface area contributed by atoms with Gasteiger partial charge in [0.15, 0.2) is 0 Å². The Hall–Kier alpha value is -1.36. The van der Waals surface area contributed by atoms with Crippen LogP contribution in [-0.2, 0) is 0 Å². The molecule has 1 aliphatic heterocycles. The van der Waals surface area contributed by atoms with Crippen LogP contribution >= 0.6 is 0 Å². The lowest BCUT2D eigenvalue weighted by molar-refractivity contribution is 0.0626. The minimum absolute atomic E-state index is 0.117. The number of amides is 1. The molecule has 0 spiro atoms. The molecule has 1 saturated heterocycles. The summed E-state index contributed by atoms with van der Waals surface area (Å²) in [5.41, 5.74) is 1.57. The van der Waals surface area contributed by atoms with E-state index < -0.39 is 0 Å². The summed E-state index contributed by atoms with van der Waals surface area (Å²) in [5, 5.41) is 6.73. The Morgan fingerprint density at radius 1 is 1.35 bits per heavy atom. The molecule has 1 aliphatic carbocycles. The predicted octanol–water partition coefficient (Wildman–Crippen LogP) is 0.638. The molecule has 3 rings (SSSR count). The zero-order chi connectivity index (χ0) is 11.8. The van der Waals surface area contributed by atoms with Gasteiger partial charge in [0.25, 0.3) is 5.91 Å². The number of carbonyl (C=O) groups is 1. The van der Waals surface area contributed by atoms with Crippen molar-refractivity contribution in [3.05, 3.63) is 17.5 Å². The molecule has 5 nitrogen and oxygen atoms in total. The third-order valence-corrected chi connectivity index (χ3v) is 3.73. The van der Waals surface area contributed by atoms with Gasteiger partial charge in [0, 0.05) is 37.9 Å². The molecule has 5 heteroatoms. The first-order valence-electron chi connectivity index (χ1n) is 6.29. The van der Waals surface area contributed by atoms with Crippen molar-refractivity contribution < 1.29 is 4.79 Å². The van der Waals surface area contributed by atoms with Crippen molar-refractivity contribution in [2.75, 3.05) is 26.2 Å². The first kappa shape index (κ1) is 10.8. The number of hydrogen-bond acceptors (Lipinski definition) is 3. The standard InChI is InChI=1S/C12H18N4O/c1-9-11(8-13-14-9)12(17)16-6-4-15(5-7-16)10-2-3-10/h8,10H,2-7H2,1H3,(H,13,14). The van der Waals surface area contributed by atoms with Gasteiger partial charge in [0.05, 0.1) is 11.8 Å². The average molecular weight is 234 g/mol. The van der Waals surface area contributed by atoms with Gasteiger partial charge < -0.3 is 4.90 Å². The van der Waals surface area contributed by atoms with Crippen molar-refractivity contribution >= 4 is 5.91 Å². The normalized spacial score (nSPS) is 21.8. The van der Waals surface area contributed by atoms with Crippen molar-refractivity contribution in [1.29, 1.82) is 0 Å². The van der Waals surface area contributed by atoms with Crippen LogP contribution in [-0.4, -0.2) is 58.1 Å². The third kappa shape index (κ3) is 2.07. The van der Waals surface area contributed by atoms with Crippen LogP contribution in [0, 0.1) is 6.92 Å². The highest BCUT2D eigenvalue weighted by molar-refractivity contribution is 5.95. The summed E-state index contributed by atoms with van der Waals surface area (Å²) in [6, 6.07) is 0.808. The van der Waals surface area contributed by atoms with Crippen LogP contribution in [0.5, 0.6) is 0 Å². The molecule has 1 saturated carbocycles. The predicted molar refractivity (Wildman–Crippen MR) is 63.8 cm³/mol. The van der Waals surface area contributed by atoms with Gasteiger partial charge in [0.2, 0.25) is 0 Å². The number of nitrogens with zero attached hydrogens (tertiary/aromatic N) is 3. The molecule has 2 aliphatic rings. The van der Waals surface area contributed by atoms with Crippen LogP contribution in [0.25, 0.3) is 0 Å². The molecule has 1 amide bonds. The van der Waals surface area contributed by atoms with Crippen molar-refractivity contribution in [3.8, 4) is 0 Å². The van der Waals surface area contributed by atoms with E-state index in [4.69, 9.17) is 0 Å². The molecule has 0 unspecified atom stereocenters. The van der Waals surface area contributed by atoms with Crippen molar-refractivity contribution in [1.82, 2.24) is 20.0 Å². The number of nitrogens with one attached hydrogen (secondary N) is 1. The first-order chi connectivity index (χ1) is 8.25. The van der Waals surface area contributed by atoms with Crippen LogP contribution < -0.4 is 0 Å². The second-order valence-corrected chi connectivity index (χ2v) is 4.97. The second-order valence-electron chi connectivity index (χ2n) is 4.97. The molecular formula is C12H18N4O.